The number of amides is 1. The Morgan fingerprint density at radius 2 is 1.85 bits per heavy atom. The summed E-state index contributed by atoms with van der Waals surface area (Å²) in [4.78, 5) is 55.5. The highest BCUT2D eigenvalue weighted by molar-refractivity contribution is 5.76. The van der Waals surface area contributed by atoms with E-state index in [9.17, 15) is 19.2 Å². The first-order valence-corrected chi connectivity index (χ1v) is 11.8. The van der Waals surface area contributed by atoms with Crippen LogP contribution in [0, 0.1) is 5.92 Å². The molecule has 0 unspecified atom stereocenters. The highest BCUT2D eigenvalue weighted by Crippen LogP contribution is 2.16. The number of aryl methyl sites for hydroxylation is 2. The predicted octanol–water partition coefficient (Wildman–Crippen LogP) is 2.12. The van der Waals surface area contributed by atoms with Gasteiger partial charge < -0.3 is 14.6 Å². The number of ether oxygens (including phenoxy) is 1. The number of H-pyrrole nitrogens is 1. The molecule has 2 N–H and O–H groups in total. The van der Waals surface area contributed by atoms with Crippen molar-refractivity contribution in [3.8, 4) is 0 Å². The number of imidazole rings is 1. The number of rotatable bonds is 14. The Morgan fingerprint density at radius 1 is 1.09 bits per heavy atom. The molecule has 0 bridgehead atoms. The van der Waals surface area contributed by atoms with E-state index in [1.54, 1.807) is 0 Å². The van der Waals surface area contributed by atoms with E-state index in [0.717, 1.165) is 32.1 Å². The largest absolute Gasteiger partial charge is 0.469 e. The first-order valence-electron chi connectivity index (χ1n) is 11.8. The second kappa shape index (κ2) is 13.0. The number of aromatic amines is 1. The number of nitrogens with zero attached hydrogens (tertiary/aromatic N) is 3. The molecule has 0 aliphatic rings. The van der Waals surface area contributed by atoms with Crippen LogP contribution in [0.25, 0.3) is 11.2 Å². The van der Waals surface area contributed by atoms with Crippen molar-refractivity contribution in [2.24, 2.45) is 5.92 Å². The average molecular weight is 464 g/mol. The smallest absolute Gasteiger partial charge is 0.330 e. The molecule has 0 aliphatic heterocycles. The molecule has 33 heavy (non-hydrogen) atoms. The van der Waals surface area contributed by atoms with Crippen molar-refractivity contribution in [3.63, 3.8) is 0 Å². The van der Waals surface area contributed by atoms with E-state index in [2.05, 4.69) is 20.0 Å². The molecule has 10 heteroatoms. The highest BCUT2D eigenvalue weighted by Gasteiger charge is 2.19. The van der Waals surface area contributed by atoms with Crippen LogP contribution in [0.2, 0.25) is 0 Å². The zero-order valence-electron chi connectivity index (χ0n) is 20.2. The third-order valence-corrected chi connectivity index (χ3v) is 5.43. The van der Waals surface area contributed by atoms with Gasteiger partial charge in [-0.2, -0.15) is 0 Å². The zero-order valence-corrected chi connectivity index (χ0v) is 20.2. The fourth-order valence-corrected chi connectivity index (χ4v) is 3.71. The number of nitrogens with one attached hydrogen (secondary N) is 2. The van der Waals surface area contributed by atoms with Crippen LogP contribution in [0.4, 0.5) is 0 Å². The molecule has 2 heterocycles. The van der Waals surface area contributed by atoms with Gasteiger partial charge in [-0.3, -0.25) is 23.9 Å². The zero-order chi connectivity index (χ0) is 24.4. The number of unbranched alkanes of at least 4 members (excludes halogenated alkanes) is 3. The van der Waals surface area contributed by atoms with E-state index < -0.39 is 11.2 Å². The number of hydrogen-bond acceptors (Lipinski definition) is 6. The lowest BCUT2D eigenvalue weighted by molar-refractivity contribution is -0.140. The lowest BCUT2D eigenvalue weighted by Gasteiger charge is -2.11. The van der Waals surface area contributed by atoms with Gasteiger partial charge >= 0.3 is 11.7 Å². The van der Waals surface area contributed by atoms with Crippen LogP contribution in [-0.4, -0.2) is 44.6 Å². The summed E-state index contributed by atoms with van der Waals surface area (Å²) in [6, 6.07) is 0. The van der Waals surface area contributed by atoms with E-state index in [1.165, 1.54) is 11.7 Å². The molecule has 2 rings (SSSR count). The van der Waals surface area contributed by atoms with E-state index in [4.69, 9.17) is 0 Å². The first-order chi connectivity index (χ1) is 15.8. The number of hydrogen-bond donors (Lipinski definition) is 2. The van der Waals surface area contributed by atoms with Gasteiger partial charge in [-0.25, -0.2) is 9.78 Å². The predicted molar refractivity (Wildman–Crippen MR) is 126 cm³/mol. The maximum absolute atomic E-state index is 12.6. The molecule has 2 aromatic rings. The minimum absolute atomic E-state index is 0.0941. The van der Waals surface area contributed by atoms with Crippen molar-refractivity contribution in [1.29, 1.82) is 0 Å². The maximum atomic E-state index is 12.6. The molecular weight excluding hydrogens is 426 g/mol. The van der Waals surface area contributed by atoms with Gasteiger partial charge in [-0.05, 0) is 25.2 Å². The summed E-state index contributed by atoms with van der Waals surface area (Å²) < 4.78 is 7.98. The monoisotopic (exact) mass is 463 g/mol. The van der Waals surface area contributed by atoms with Crippen LogP contribution < -0.4 is 16.6 Å². The molecule has 0 saturated heterocycles. The molecular formula is C23H37N5O5. The molecule has 0 aromatic carbocycles. The Hall–Kier alpha value is -2.91. The maximum Gasteiger partial charge on any atom is 0.330 e. The summed E-state index contributed by atoms with van der Waals surface area (Å²) in [6.07, 6.45) is 5.06. The molecule has 0 aliphatic carbocycles. The lowest BCUT2D eigenvalue weighted by Crippen LogP contribution is -2.31. The molecule has 0 saturated carbocycles. The average Bonchev–Trinajstić information content (AvgIpc) is 3.12. The number of fused-ring (bicyclic) bond motifs is 1. The summed E-state index contributed by atoms with van der Waals surface area (Å²) >= 11 is 0. The highest BCUT2D eigenvalue weighted by atomic mass is 16.5. The van der Waals surface area contributed by atoms with Crippen molar-refractivity contribution in [2.75, 3.05) is 13.7 Å². The summed E-state index contributed by atoms with van der Waals surface area (Å²) in [5, 5.41) is 2.89. The van der Waals surface area contributed by atoms with Crippen LogP contribution in [0.15, 0.2) is 9.59 Å². The van der Waals surface area contributed by atoms with Crippen molar-refractivity contribution in [2.45, 2.75) is 85.2 Å². The molecule has 0 fully saturated rings. The third-order valence-electron chi connectivity index (χ3n) is 5.43. The van der Waals surface area contributed by atoms with Crippen LogP contribution >= 0.6 is 0 Å². The number of carbonyl (C=O) groups excluding carboxylic acids is 2. The second-order valence-electron chi connectivity index (χ2n) is 8.71. The number of methoxy groups -OCH3 is 1. The van der Waals surface area contributed by atoms with Gasteiger partial charge in [0.2, 0.25) is 5.91 Å². The van der Waals surface area contributed by atoms with Gasteiger partial charge in [0.05, 0.1) is 7.11 Å². The van der Waals surface area contributed by atoms with Crippen molar-refractivity contribution in [3.05, 3.63) is 26.7 Å². The van der Waals surface area contributed by atoms with Crippen LogP contribution in [0.1, 0.15) is 71.5 Å². The summed E-state index contributed by atoms with van der Waals surface area (Å²) in [5.41, 5.74) is -0.121. The summed E-state index contributed by atoms with van der Waals surface area (Å²) in [6.45, 7) is 7.72. The van der Waals surface area contributed by atoms with Crippen LogP contribution in [-0.2, 0) is 33.8 Å². The summed E-state index contributed by atoms with van der Waals surface area (Å²) in [5.74, 6) is 0.578. The lowest BCUT2D eigenvalue weighted by atomic mass is 10.2. The van der Waals surface area contributed by atoms with Crippen LogP contribution in [0.3, 0.4) is 0 Å². The van der Waals surface area contributed by atoms with Gasteiger partial charge in [-0.15, -0.1) is 0 Å². The molecule has 0 radical (unpaired) electrons. The van der Waals surface area contributed by atoms with Crippen molar-refractivity contribution < 1.29 is 14.3 Å². The Kier molecular flexibility index (Phi) is 10.3. The SMILES string of the molecule is CCCCn1c(=O)[nH]c(=O)c2c1nc(CCC(=O)NCCCCCC(=O)OC)n2CC(C)C. The molecule has 1 amide bonds. The number of esters is 1. The fourth-order valence-electron chi connectivity index (χ4n) is 3.71. The van der Waals surface area contributed by atoms with E-state index in [0.29, 0.717) is 49.5 Å². The van der Waals surface area contributed by atoms with E-state index in [-0.39, 0.29) is 24.2 Å². The molecule has 2 aromatic heterocycles. The first kappa shape index (κ1) is 26.3. The van der Waals surface area contributed by atoms with Crippen molar-refractivity contribution >= 4 is 23.0 Å². The normalized spacial score (nSPS) is 11.3. The Balaban J connectivity index is 2.08. The molecule has 184 valence electrons. The number of carbonyl (C=O) groups is 2. The van der Waals surface area contributed by atoms with Gasteiger partial charge in [0.15, 0.2) is 11.2 Å². The minimum Gasteiger partial charge on any atom is -0.469 e. The van der Waals surface area contributed by atoms with Gasteiger partial charge in [0, 0.05) is 38.9 Å². The molecule has 10 nitrogen and oxygen atoms in total. The topological polar surface area (TPSA) is 128 Å². The van der Waals surface area contributed by atoms with Crippen molar-refractivity contribution in [1.82, 2.24) is 24.4 Å². The molecule has 0 spiro atoms. The standard InChI is InChI=1S/C23H37N5O5/c1-5-6-14-27-21-20(22(31)26-23(27)32)28(15-16(2)3)17(25-21)11-12-18(29)24-13-9-7-8-10-19(30)33-4/h16H,5-15H2,1-4H3,(H,24,29)(H,26,31,32). The van der Waals surface area contributed by atoms with E-state index >= 15 is 0 Å². The Bertz CT molecular complexity index is 1050. The van der Waals surface area contributed by atoms with E-state index in [1.807, 2.05) is 25.3 Å². The third kappa shape index (κ3) is 7.57. The Labute approximate surface area is 193 Å². The van der Waals surface area contributed by atoms with Gasteiger partial charge in [-0.1, -0.05) is 33.6 Å². The van der Waals surface area contributed by atoms with Gasteiger partial charge in [0.25, 0.3) is 5.56 Å². The number of aromatic nitrogens is 4. The van der Waals surface area contributed by atoms with Crippen LogP contribution in [0.5, 0.6) is 0 Å². The molecule has 0 atom stereocenters. The fraction of sp³-hybridized carbons (Fsp3) is 0.696. The Morgan fingerprint density at radius 3 is 2.52 bits per heavy atom. The minimum atomic E-state index is -0.452. The van der Waals surface area contributed by atoms with Gasteiger partial charge in [0.1, 0.15) is 5.82 Å². The quantitative estimate of drug-likeness (QED) is 0.326. The summed E-state index contributed by atoms with van der Waals surface area (Å²) in [7, 11) is 1.37. The second-order valence-corrected chi connectivity index (χ2v) is 8.71.